The number of nitrogens with one attached hydrogen (secondary N) is 1. The zero-order valence-corrected chi connectivity index (χ0v) is 14.1. The largest absolute Gasteiger partial charge is 0.478 e. The summed E-state index contributed by atoms with van der Waals surface area (Å²) in [5.74, 6) is -1.31. The Morgan fingerprint density at radius 1 is 1.16 bits per heavy atom. The first-order valence-electron chi connectivity index (χ1n) is 8.20. The minimum Gasteiger partial charge on any atom is -0.478 e. The number of carbonyl (C=O) groups excluding carboxylic acids is 1. The molecule has 7 heteroatoms. The minimum atomic E-state index is -0.968. The molecule has 1 aromatic heterocycles. The van der Waals surface area contributed by atoms with Crippen molar-refractivity contribution in [1.82, 2.24) is 15.1 Å². The normalized spacial score (nSPS) is 10.4. The van der Waals surface area contributed by atoms with Crippen LogP contribution < -0.4 is 10.9 Å². The van der Waals surface area contributed by atoms with Gasteiger partial charge in [-0.15, -0.1) is 0 Å². The predicted molar refractivity (Wildman–Crippen MR) is 92.8 cm³/mol. The van der Waals surface area contributed by atoms with Gasteiger partial charge in [-0.1, -0.05) is 25.5 Å². The number of amides is 1. The van der Waals surface area contributed by atoms with E-state index in [1.165, 1.54) is 28.9 Å². The van der Waals surface area contributed by atoms with Gasteiger partial charge in [-0.2, -0.15) is 5.10 Å². The van der Waals surface area contributed by atoms with Gasteiger partial charge in [0.1, 0.15) is 5.69 Å². The molecule has 0 aliphatic rings. The van der Waals surface area contributed by atoms with Gasteiger partial charge in [-0.05, 0) is 36.6 Å². The maximum Gasteiger partial charge on any atom is 0.335 e. The molecule has 0 fully saturated rings. The first-order chi connectivity index (χ1) is 12.0. The van der Waals surface area contributed by atoms with Crippen molar-refractivity contribution >= 4 is 11.9 Å². The van der Waals surface area contributed by atoms with Gasteiger partial charge in [-0.25, -0.2) is 9.48 Å². The van der Waals surface area contributed by atoms with E-state index in [0.717, 1.165) is 18.4 Å². The molecule has 0 bridgehead atoms. The summed E-state index contributed by atoms with van der Waals surface area (Å²) >= 11 is 0. The van der Waals surface area contributed by atoms with Crippen molar-refractivity contribution in [2.45, 2.75) is 32.7 Å². The van der Waals surface area contributed by atoms with Crippen molar-refractivity contribution in [2.24, 2.45) is 0 Å². The Bertz CT molecular complexity index is 797. The van der Waals surface area contributed by atoms with Gasteiger partial charge in [-0.3, -0.25) is 9.59 Å². The van der Waals surface area contributed by atoms with Gasteiger partial charge in [0.2, 0.25) is 0 Å². The molecule has 0 aliphatic heterocycles. The average molecular weight is 343 g/mol. The molecule has 1 heterocycles. The maximum atomic E-state index is 12.1. The highest BCUT2D eigenvalue weighted by molar-refractivity contribution is 5.92. The Labute approximate surface area is 145 Å². The molecule has 25 heavy (non-hydrogen) atoms. The molecule has 7 nitrogen and oxygen atoms in total. The van der Waals surface area contributed by atoms with Crippen LogP contribution in [0.15, 0.2) is 41.2 Å². The highest BCUT2D eigenvalue weighted by Crippen LogP contribution is 2.05. The van der Waals surface area contributed by atoms with Gasteiger partial charge in [0.05, 0.1) is 5.56 Å². The number of unbranched alkanes of at least 4 members (excludes halogenated alkanes) is 1. The fourth-order valence-electron chi connectivity index (χ4n) is 2.26. The molecule has 0 aliphatic carbocycles. The van der Waals surface area contributed by atoms with Crippen LogP contribution in [-0.2, 0) is 13.0 Å². The van der Waals surface area contributed by atoms with Crippen LogP contribution in [0, 0.1) is 0 Å². The van der Waals surface area contributed by atoms with E-state index in [4.69, 9.17) is 5.11 Å². The summed E-state index contributed by atoms with van der Waals surface area (Å²) in [4.78, 5) is 34.7. The number of aryl methyl sites for hydroxylation is 1. The van der Waals surface area contributed by atoms with Crippen LogP contribution >= 0.6 is 0 Å². The summed E-state index contributed by atoms with van der Waals surface area (Å²) in [7, 11) is 0. The van der Waals surface area contributed by atoms with E-state index in [0.29, 0.717) is 19.5 Å². The summed E-state index contributed by atoms with van der Waals surface area (Å²) in [5, 5.41) is 15.7. The fraction of sp³-hybridized carbons (Fsp3) is 0.333. The standard InChI is InChI=1S/C18H21N3O4/c1-2-3-12-21-16(22)9-8-15(20-21)17(23)19-11-10-13-4-6-14(7-5-13)18(24)25/h4-9H,2-3,10-12H2,1H3,(H,19,23)(H,24,25). The first-order valence-corrected chi connectivity index (χ1v) is 8.20. The van der Waals surface area contributed by atoms with Gasteiger partial charge in [0.15, 0.2) is 0 Å². The second-order valence-electron chi connectivity index (χ2n) is 5.64. The lowest BCUT2D eigenvalue weighted by atomic mass is 10.1. The van der Waals surface area contributed by atoms with Crippen LogP contribution in [-0.4, -0.2) is 33.3 Å². The highest BCUT2D eigenvalue weighted by atomic mass is 16.4. The number of rotatable bonds is 8. The molecule has 2 rings (SSSR count). The van der Waals surface area contributed by atoms with Crippen molar-refractivity contribution in [2.75, 3.05) is 6.54 Å². The van der Waals surface area contributed by atoms with E-state index in [1.54, 1.807) is 12.1 Å². The monoisotopic (exact) mass is 343 g/mol. The summed E-state index contributed by atoms with van der Waals surface area (Å²) in [6.07, 6.45) is 2.33. The summed E-state index contributed by atoms with van der Waals surface area (Å²) in [5.41, 5.74) is 1.14. The number of carboxylic acids is 1. The van der Waals surface area contributed by atoms with Crippen LogP contribution in [0.2, 0.25) is 0 Å². The Kier molecular flexibility index (Phi) is 6.45. The van der Waals surface area contributed by atoms with Crippen LogP contribution in [0.4, 0.5) is 0 Å². The predicted octanol–water partition coefficient (Wildman–Crippen LogP) is 1.71. The third kappa shape index (κ3) is 5.27. The van der Waals surface area contributed by atoms with E-state index in [-0.39, 0.29) is 22.7 Å². The molecular weight excluding hydrogens is 322 g/mol. The van der Waals surface area contributed by atoms with Crippen LogP contribution in [0.3, 0.4) is 0 Å². The molecule has 0 spiro atoms. The zero-order chi connectivity index (χ0) is 18.2. The van der Waals surface area contributed by atoms with E-state index in [1.807, 2.05) is 6.92 Å². The Balaban J connectivity index is 1.91. The maximum absolute atomic E-state index is 12.1. The lowest BCUT2D eigenvalue weighted by Gasteiger charge is -2.08. The van der Waals surface area contributed by atoms with Crippen molar-refractivity contribution in [1.29, 1.82) is 0 Å². The number of hydrogen-bond acceptors (Lipinski definition) is 4. The number of aromatic carboxylic acids is 1. The lowest BCUT2D eigenvalue weighted by Crippen LogP contribution is -2.30. The highest BCUT2D eigenvalue weighted by Gasteiger charge is 2.09. The summed E-state index contributed by atoms with van der Waals surface area (Å²) in [6.45, 7) is 2.90. The molecule has 0 saturated carbocycles. The second kappa shape index (κ2) is 8.77. The lowest BCUT2D eigenvalue weighted by molar-refractivity contribution is 0.0696. The molecular formula is C18H21N3O4. The van der Waals surface area contributed by atoms with Crippen molar-refractivity contribution in [3.63, 3.8) is 0 Å². The number of nitrogens with zero attached hydrogens (tertiary/aromatic N) is 2. The summed E-state index contributed by atoms with van der Waals surface area (Å²) < 4.78 is 1.31. The van der Waals surface area contributed by atoms with Crippen molar-refractivity contribution < 1.29 is 14.7 Å². The molecule has 0 saturated heterocycles. The summed E-state index contributed by atoms with van der Waals surface area (Å²) in [6, 6.07) is 9.27. The van der Waals surface area contributed by atoms with Crippen molar-refractivity contribution in [3.8, 4) is 0 Å². The topological polar surface area (TPSA) is 101 Å². The molecule has 132 valence electrons. The van der Waals surface area contributed by atoms with Crippen LogP contribution in [0.1, 0.15) is 46.2 Å². The Morgan fingerprint density at radius 2 is 1.88 bits per heavy atom. The van der Waals surface area contributed by atoms with Crippen molar-refractivity contribution in [3.05, 3.63) is 63.6 Å². The molecule has 1 amide bonds. The number of carboxylic acid groups (broad SMARTS) is 1. The van der Waals surface area contributed by atoms with E-state index in [2.05, 4.69) is 10.4 Å². The number of hydrogen-bond donors (Lipinski definition) is 2. The third-order valence-corrected chi connectivity index (χ3v) is 3.72. The molecule has 2 aromatic rings. The number of benzene rings is 1. The first kappa shape index (κ1) is 18.4. The third-order valence-electron chi connectivity index (χ3n) is 3.72. The fourth-order valence-corrected chi connectivity index (χ4v) is 2.26. The zero-order valence-electron chi connectivity index (χ0n) is 14.1. The van der Waals surface area contributed by atoms with E-state index in [9.17, 15) is 14.4 Å². The van der Waals surface area contributed by atoms with Gasteiger partial charge >= 0.3 is 5.97 Å². The second-order valence-corrected chi connectivity index (χ2v) is 5.64. The van der Waals surface area contributed by atoms with Gasteiger partial charge in [0.25, 0.3) is 11.5 Å². The van der Waals surface area contributed by atoms with Crippen LogP contribution in [0.5, 0.6) is 0 Å². The smallest absolute Gasteiger partial charge is 0.335 e. The van der Waals surface area contributed by atoms with Crippen LogP contribution in [0.25, 0.3) is 0 Å². The van der Waals surface area contributed by atoms with Gasteiger partial charge in [0, 0.05) is 19.2 Å². The van der Waals surface area contributed by atoms with E-state index < -0.39 is 5.97 Å². The molecule has 0 atom stereocenters. The SMILES string of the molecule is CCCCn1nc(C(=O)NCCc2ccc(C(=O)O)cc2)ccc1=O. The molecule has 1 aromatic carbocycles. The number of carbonyl (C=O) groups is 2. The van der Waals surface area contributed by atoms with Gasteiger partial charge < -0.3 is 10.4 Å². The minimum absolute atomic E-state index is 0.205. The van der Waals surface area contributed by atoms with E-state index >= 15 is 0 Å². The molecule has 0 radical (unpaired) electrons. The average Bonchev–Trinajstić information content (AvgIpc) is 2.61. The molecule has 2 N–H and O–H groups in total. The quantitative estimate of drug-likeness (QED) is 0.760. The Hall–Kier alpha value is -2.96. The molecule has 0 unspecified atom stereocenters. The number of aromatic nitrogens is 2. The Morgan fingerprint density at radius 3 is 2.52 bits per heavy atom.